The first-order chi connectivity index (χ1) is 17.3. The minimum atomic E-state index is -1.47. The van der Waals surface area contributed by atoms with Crippen molar-refractivity contribution in [2.75, 3.05) is 13.7 Å². The summed E-state index contributed by atoms with van der Waals surface area (Å²) < 4.78 is 11.1. The molecule has 0 aliphatic carbocycles. The Balaban J connectivity index is 1.78. The van der Waals surface area contributed by atoms with Gasteiger partial charge in [0.2, 0.25) is 0 Å². The zero-order valence-electron chi connectivity index (χ0n) is 20.8. The molecule has 0 unspecified atom stereocenters. The highest BCUT2D eigenvalue weighted by Crippen LogP contribution is 2.34. The number of hydrogen-bond donors (Lipinski definition) is 3. The average Bonchev–Trinajstić information content (AvgIpc) is 2.87. The molecule has 0 saturated carbocycles. The SMILES string of the molecule is CCCC(=O)OC[C@H]1O[C@@H](c2ccc(Cl)c(Cc3ccc(/C(CC)=N/OC)cc3)c2)[C@H](O)[C@@H](O)[C@@H]1O. The van der Waals surface area contributed by atoms with Crippen molar-refractivity contribution >= 4 is 23.3 Å². The van der Waals surface area contributed by atoms with Gasteiger partial charge in [-0.25, -0.2) is 0 Å². The van der Waals surface area contributed by atoms with Gasteiger partial charge in [-0.15, -0.1) is 0 Å². The maximum atomic E-state index is 11.8. The van der Waals surface area contributed by atoms with Gasteiger partial charge in [0.1, 0.15) is 44.2 Å². The number of benzene rings is 2. The Morgan fingerprint density at radius 2 is 1.78 bits per heavy atom. The number of aliphatic hydroxyl groups excluding tert-OH is 3. The van der Waals surface area contributed by atoms with Crippen LogP contribution in [0.2, 0.25) is 5.02 Å². The first kappa shape index (κ1) is 28.1. The average molecular weight is 520 g/mol. The van der Waals surface area contributed by atoms with Gasteiger partial charge >= 0.3 is 5.97 Å². The van der Waals surface area contributed by atoms with Crippen LogP contribution in [0.5, 0.6) is 0 Å². The summed E-state index contributed by atoms with van der Waals surface area (Å²) in [5, 5.41) is 36.0. The zero-order chi connectivity index (χ0) is 26.2. The summed E-state index contributed by atoms with van der Waals surface area (Å²) in [6, 6.07) is 13.2. The fourth-order valence-electron chi connectivity index (χ4n) is 4.19. The van der Waals surface area contributed by atoms with Gasteiger partial charge in [-0.05, 0) is 47.6 Å². The van der Waals surface area contributed by atoms with Crippen LogP contribution in [-0.4, -0.2) is 65.1 Å². The largest absolute Gasteiger partial charge is 0.463 e. The van der Waals surface area contributed by atoms with Crippen molar-refractivity contribution in [1.82, 2.24) is 0 Å². The molecule has 1 aliphatic rings. The Morgan fingerprint density at radius 3 is 2.42 bits per heavy atom. The second kappa shape index (κ2) is 13.2. The first-order valence-corrected chi connectivity index (χ1v) is 12.5. The maximum Gasteiger partial charge on any atom is 0.305 e. The highest BCUT2D eigenvalue weighted by molar-refractivity contribution is 6.31. The fraction of sp³-hybridized carbons (Fsp3) is 0.481. The Kier molecular flexibility index (Phi) is 10.3. The monoisotopic (exact) mass is 519 g/mol. The molecule has 0 amide bonds. The van der Waals surface area contributed by atoms with Crippen LogP contribution in [-0.2, 0) is 25.5 Å². The summed E-state index contributed by atoms with van der Waals surface area (Å²) in [6.45, 7) is 3.64. The normalized spacial score (nSPS) is 24.4. The molecule has 0 bridgehead atoms. The number of ether oxygens (including phenoxy) is 2. The number of carbonyl (C=O) groups is 1. The van der Waals surface area contributed by atoms with Crippen LogP contribution >= 0.6 is 11.6 Å². The van der Waals surface area contributed by atoms with Crippen molar-refractivity contribution in [3.8, 4) is 0 Å². The molecule has 3 rings (SSSR count). The topological polar surface area (TPSA) is 118 Å². The summed E-state index contributed by atoms with van der Waals surface area (Å²) in [4.78, 5) is 16.7. The van der Waals surface area contributed by atoms with Gasteiger partial charge in [0.15, 0.2) is 0 Å². The highest BCUT2D eigenvalue weighted by atomic mass is 35.5. The van der Waals surface area contributed by atoms with E-state index in [0.717, 1.165) is 28.8 Å². The molecule has 36 heavy (non-hydrogen) atoms. The lowest BCUT2D eigenvalue weighted by Gasteiger charge is -2.40. The number of nitrogens with zero attached hydrogens (tertiary/aromatic N) is 1. The summed E-state index contributed by atoms with van der Waals surface area (Å²) >= 11 is 6.48. The molecule has 8 nitrogen and oxygen atoms in total. The lowest BCUT2D eigenvalue weighted by atomic mass is 9.90. The van der Waals surface area contributed by atoms with Crippen LogP contribution < -0.4 is 0 Å². The van der Waals surface area contributed by atoms with Crippen LogP contribution in [0.1, 0.15) is 61.5 Å². The van der Waals surface area contributed by atoms with Crippen LogP contribution in [0.25, 0.3) is 0 Å². The van der Waals surface area contributed by atoms with Gasteiger partial charge in [0.25, 0.3) is 0 Å². The van der Waals surface area contributed by atoms with Gasteiger partial charge in [0, 0.05) is 11.4 Å². The molecule has 0 radical (unpaired) electrons. The van der Waals surface area contributed by atoms with E-state index in [-0.39, 0.29) is 13.0 Å². The molecule has 0 aromatic heterocycles. The number of carbonyl (C=O) groups excluding carboxylic acids is 1. The molecule has 1 saturated heterocycles. The predicted octanol–water partition coefficient (Wildman–Crippen LogP) is 3.56. The van der Waals surface area contributed by atoms with Crippen LogP contribution in [0.15, 0.2) is 47.6 Å². The summed E-state index contributed by atoms with van der Waals surface area (Å²) in [5.74, 6) is -0.412. The quantitative estimate of drug-likeness (QED) is 0.249. The van der Waals surface area contributed by atoms with E-state index in [9.17, 15) is 20.1 Å². The van der Waals surface area contributed by atoms with E-state index >= 15 is 0 Å². The molecule has 2 aromatic carbocycles. The van der Waals surface area contributed by atoms with E-state index < -0.39 is 36.5 Å². The van der Waals surface area contributed by atoms with Gasteiger partial charge < -0.3 is 29.6 Å². The van der Waals surface area contributed by atoms with Crippen molar-refractivity contribution in [3.05, 3.63) is 69.7 Å². The van der Waals surface area contributed by atoms with E-state index in [1.54, 1.807) is 12.1 Å². The summed E-state index contributed by atoms with van der Waals surface area (Å²) in [5.41, 5.74) is 4.25. The first-order valence-electron chi connectivity index (χ1n) is 12.1. The molecule has 3 N–H and O–H groups in total. The molecule has 1 heterocycles. The summed E-state index contributed by atoms with van der Waals surface area (Å²) in [7, 11) is 1.52. The third kappa shape index (κ3) is 6.83. The highest BCUT2D eigenvalue weighted by Gasteiger charge is 2.44. The fourth-order valence-corrected chi connectivity index (χ4v) is 4.37. The van der Waals surface area contributed by atoms with Gasteiger partial charge in [-0.1, -0.05) is 67.0 Å². The molecule has 9 heteroatoms. The Hall–Kier alpha value is -2.49. The minimum Gasteiger partial charge on any atom is -0.463 e. The number of rotatable bonds is 10. The van der Waals surface area contributed by atoms with Crippen molar-refractivity contribution in [3.63, 3.8) is 0 Å². The Morgan fingerprint density at radius 1 is 1.06 bits per heavy atom. The predicted molar refractivity (Wildman–Crippen MR) is 136 cm³/mol. The second-order valence-electron chi connectivity index (χ2n) is 8.80. The van der Waals surface area contributed by atoms with Gasteiger partial charge in [-0.2, -0.15) is 0 Å². The molecule has 2 aromatic rings. The Labute approximate surface area is 216 Å². The van der Waals surface area contributed by atoms with E-state index in [1.807, 2.05) is 44.2 Å². The lowest BCUT2D eigenvalue weighted by molar-refractivity contribution is -0.234. The lowest BCUT2D eigenvalue weighted by Crippen LogP contribution is -2.55. The number of oxime groups is 1. The van der Waals surface area contributed by atoms with E-state index in [4.69, 9.17) is 25.9 Å². The number of hydrogen-bond acceptors (Lipinski definition) is 8. The van der Waals surface area contributed by atoms with E-state index in [2.05, 4.69) is 5.16 Å². The van der Waals surface area contributed by atoms with Gasteiger partial charge in [0.05, 0.1) is 5.71 Å². The van der Waals surface area contributed by atoms with Crippen molar-refractivity contribution < 1.29 is 34.4 Å². The zero-order valence-corrected chi connectivity index (χ0v) is 21.5. The van der Waals surface area contributed by atoms with Crippen molar-refractivity contribution in [2.45, 2.75) is 70.1 Å². The maximum absolute atomic E-state index is 11.8. The number of esters is 1. The second-order valence-corrected chi connectivity index (χ2v) is 9.21. The molecule has 1 aliphatic heterocycles. The van der Waals surface area contributed by atoms with Crippen LogP contribution in [0, 0.1) is 0 Å². The molecular formula is C27H34ClNO7. The number of halogens is 1. The molecule has 5 atom stereocenters. The van der Waals surface area contributed by atoms with E-state index in [0.29, 0.717) is 23.4 Å². The van der Waals surface area contributed by atoms with E-state index in [1.165, 1.54) is 7.11 Å². The van der Waals surface area contributed by atoms with Crippen LogP contribution in [0.3, 0.4) is 0 Å². The Bertz CT molecular complexity index is 1040. The molecular weight excluding hydrogens is 486 g/mol. The third-order valence-electron chi connectivity index (χ3n) is 6.19. The summed E-state index contributed by atoms with van der Waals surface area (Å²) in [6.07, 6.45) is -4.00. The van der Waals surface area contributed by atoms with Crippen molar-refractivity contribution in [2.24, 2.45) is 5.16 Å². The number of aliphatic hydroxyl groups is 3. The molecule has 196 valence electrons. The molecule has 1 fully saturated rings. The molecule has 0 spiro atoms. The standard InChI is InChI=1S/C27H34ClNO7/c1-4-6-23(30)35-15-22-24(31)25(32)26(33)27(36-22)18-11-12-20(28)19(14-18)13-16-7-9-17(10-8-16)21(5-2)29-34-3/h7-12,14,22,24-27,31-33H,4-6,13,15H2,1-3H3/b29-21+/t22-,24-,25+,26-,27+/m1/s1. The third-order valence-corrected chi connectivity index (χ3v) is 6.56. The van der Waals surface area contributed by atoms with Gasteiger partial charge in [-0.3, -0.25) is 4.79 Å². The van der Waals surface area contributed by atoms with Crippen LogP contribution in [0.4, 0.5) is 0 Å². The minimum absolute atomic E-state index is 0.223. The van der Waals surface area contributed by atoms with Crippen molar-refractivity contribution in [1.29, 1.82) is 0 Å². The smallest absolute Gasteiger partial charge is 0.305 e.